The molecule has 104 valence electrons. The molecular weight excluding hydrogens is 328 g/mol. The van der Waals surface area contributed by atoms with E-state index in [9.17, 15) is 4.79 Å². The molecule has 3 nitrogen and oxygen atoms in total. The van der Waals surface area contributed by atoms with Gasteiger partial charge in [-0.15, -0.1) is 0 Å². The molecule has 0 saturated heterocycles. The van der Waals surface area contributed by atoms with Gasteiger partial charge in [0.2, 0.25) is 0 Å². The highest BCUT2D eigenvalue weighted by Gasteiger charge is 2.09. The molecule has 1 N–H and O–H groups in total. The Bertz CT molecular complexity index is 779. The van der Waals surface area contributed by atoms with Crippen LogP contribution in [-0.4, -0.2) is 10.9 Å². The smallest absolute Gasteiger partial charge is 0.252 e. The standard InChI is InChI=1S/C17H13BrN2O/c18-13-7-5-12(6-8-13)11-20-17(21)15-9-10-19-16-4-2-1-3-14(15)16/h1-10H,11H2,(H,20,21). The second-order valence-corrected chi connectivity index (χ2v) is 5.60. The number of halogens is 1. The van der Waals surface area contributed by atoms with Crippen molar-refractivity contribution in [3.8, 4) is 0 Å². The average molecular weight is 341 g/mol. The van der Waals surface area contributed by atoms with Crippen LogP contribution in [0.15, 0.2) is 65.3 Å². The summed E-state index contributed by atoms with van der Waals surface area (Å²) in [6.07, 6.45) is 1.66. The fourth-order valence-corrected chi connectivity index (χ4v) is 2.44. The van der Waals surface area contributed by atoms with Crippen LogP contribution in [-0.2, 0) is 6.54 Å². The number of carbonyl (C=O) groups excluding carboxylic acids is 1. The molecule has 0 spiro atoms. The molecule has 3 aromatic rings. The van der Waals surface area contributed by atoms with E-state index in [1.165, 1.54) is 0 Å². The Morgan fingerprint density at radius 2 is 1.81 bits per heavy atom. The van der Waals surface area contributed by atoms with Gasteiger partial charge in [0.05, 0.1) is 11.1 Å². The van der Waals surface area contributed by atoms with Crippen LogP contribution >= 0.6 is 15.9 Å². The largest absolute Gasteiger partial charge is 0.348 e. The maximum Gasteiger partial charge on any atom is 0.252 e. The molecule has 2 aromatic carbocycles. The summed E-state index contributed by atoms with van der Waals surface area (Å²) < 4.78 is 1.03. The Kier molecular flexibility index (Phi) is 3.97. The van der Waals surface area contributed by atoms with Crippen LogP contribution in [0.25, 0.3) is 10.9 Å². The zero-order valence-corrected chi connectivity index (χ0v) is 12.8. The van der Waals surface area contributed by atoms with Crippen molar-refractivity contribution in [2.45, 2.75) is 6.54 Å². The van der Waals surface area contributed by atoms with Crippen LogP contribution in [0.2, 0.25) is 0 Å². The van der Waals surface area contributed by atoms with Crippen LogP contribution in [0.4, 0.5) is 0 Å². The lowest BCUT2D eigenvalue weighted by molar-refractivity contribution is 0.0952. The zero-order valence-electron chi connectivity index (χ0n) is 11.2. The van der Waals surface area contributed by atoms with Crippen LogP contribution in [0.5, 0.6) is 0 Å². The molecule has 0 fully saturated rings. The van der Waals surface area contributed by atoms with Gasteiger partial charge in [-0.05, 0) is 29.8 Å². The number of nitrogens with one attached hydrogen (secondary N) is 1. The third kappa shape index (κ3) is 3.11. The molecule has 4 heteroatoms. The second kappa shape index (κ2) is 6.06. The lowest BCUT2D eigenvalue weighted by Crippen LogP contribution is -2.23. The molecule has 1 amide bonds. The molecule has 0 aliphatic heterocycles. The first-order valence-electron chi connectivity index (χ1n) is 6.60. The van der Waals surface area contributed by atoms with Crippen molar-refractivity contribution < 1.29 is 4.79 Å². The first-order chi connectivity index (χ1) is 10.2. The third-order valence-electron chi connectivity index (χ3n) is 3.26. The Labute approximate surface area is 131 Å². The molecule has 0 radical (unpaired) electrons. The number of amides is 1. The number of pyridine rings is 1. The van der Waals surface area contributed by atoms with Gasteiger partial charge in [-0.1, -0.05) is 46.3 Å². The number of para-hydroxylation sites is 1. The first-order valence-corrected chi connectivity index (χ1v) is 7.40. The van der Waals surface area contributed by atoms with E-state index in [4.69, 9.17) is 0 Å². The van der Waals surface area contributed by atoms with Gasteiger partial charge in [-0.2, -0.15) is 0 Å². The monoisotopic (exact) mass is 340 g/mol. The molecule has 0 saturated carbocycles. The summed E-state index contributed by atoms with van der Waals surface area (Å²) in [5, 5.41) is 3.81. The molecule has 0 bridgehead atoms. The van der Waals surface area contributed by atoms with E-state index in [1.807, 2.05) is 48.5 Å². The molecule has 0 aliphatic carbocycles. The van der Waals surface area contributed by atoms with E-state index < -0.39 is 0 Å². The highest BCUT2D eigenvalue weighted by Crippen LogP contribution is 2.16. The van der Waals surface area contributed by atoms with Crippen molar-refractivity contribution in [2.75, 3.05) is 0 Å². The summed E-state index contributed by atoms with van der Waals surface area (Å²) in [5.74, 6) is -0.0866. The van der Waals surface area contributed by atoms with E-state index >= 15 is 0 Å². The molecule has 1 aromatic heterocycles. The number of fused-ring (bicyclic) bond motifs is 1. The number of benzene rings is 2. The van der Waals surface area contributed by atoms with Gasteiger partial charge < -0.3 is 5.32 Å². The predicted octanol–water partition coefficient (Wildman–Crippen LogP) is 3.93. The lowest BCUT2D eigenvalue weighted by atomic mass is 10.1. The Balaban J connectivity index is 1.79. The van der Waals surface area contributed by atoms with E-state index in [2.05, 4.69) is 26.2 Å². The van der Waals surface area contributed by atoms with Crippen LogP contribution in [0.3, 0.4) is 0 Å². The topological polar surface area (TPSA) is 42.0 Å². The number of aromatic nitrogens is 1. The maximum atomic E-state index is 12.4. The van der Waals surface area contributed by atoms with Gasteiger partial charge in [0.15, 0.2) is 0 Å². The predicted molar refractivity (Wildman–Crippen MR) is 87.1 cm³/mol. The normalized spacial score (nSPS) is 10.5. The van der Waals surface area contributed by atoms with Crippen LogP contribution in [0.1, 0.15) is 15.9 Å². The summed E-state index contributed by atoms with van der Waals surface area (Å²) >= 11 is 3.40. The summed E-state index contributed by atoms with van der Waals surface area (Å²) in [6.45, 7) is 0.503. The fraction of sp³-hybridized carbons (Fsp3) is 0.0588. The van der Waals surface area contributed by atoms with Gasteiger partial charge in [-0.3, -0.25) is 9.78 Å². The summed E-state index contributed by atoms with van der Waals surface area (Å²) in [4.78, 5) is 16.6. The van der Waals surface area contributed by atoms with Crippen molar-refractivity contribution >= 4 is 32.7 Å². The fourth-order valence-electron chi connectivity index (χ4n) is 2.17. The minimum Gasteiger partial charge on any atom is -0.348 e. The van der Waals surface area contributed by atoms with E-state index in [-0.39, 0.29) is 5.91 Å². The minimum atomic E-state index is -0.0866. The SMILES string of the molecule is O=C(NCc1ccc(Br)cc1)c1ccnc2ccccc12. The molecule has 0 unspecified atom stereocenters. The molecule has 3 rings (SSSR count). The molecule has 21 heavy (non-hydrogen) atoms. The molecule has 0 atom stereocenters. The maximum absolute atomic E-state index is 12.4. The zero-order chi connectivity index (χ0) is 14.7. The average Bonchev–Trinajstić information content (AvgIpc) is 2.53. The second-order valence-electron chi connectivity index (χ2n) is 4.68. The number of hydrogen-bond acceptors (Lipinski definition) is 2. The summed E-state index contributed by atoms with van der Waals surface area (Å²) in [6, 6.07) is 17.3. The van der Waals surface area contributed by atoms with Gasteiger partial charge in [0, 0.05) is 22.6 Å². The number of hydrogen-bond donors (Lipinski definition) is 1. The summed E-state index contributed by atoms with van der Waals surface area (Å²) in [7, 11) is 0. The van der Waals surface area contributed by atoms with Gasteiger partial charge in [0.1, 0.15) is 0 Å². The van der Waals surface area contributed by atoms with Crippen molar-refractivity contribution in [1.29, 1.82) is 0 Å². The molecular formula is C17H13BrN2O. The Hall–Kier alpha value is -2.20. The van der Waals surface area contributed by atoms with Crippen LogP contribution in [0, 0.1) is 0 Å². The number of rotatable bonds is 3. The van der Waals surface area contributed by atoms with Crippen molar-refractivity contribution in [3.05, 3.63) is 76.4 Å². The first kappa shape index (κ1) is 13.8. The minimum absolute atomic E-state index is 0.0866. The third-order valence-corrected chi connectivity index (χ3v) is 3.79. The van der Waals surface area contributed by atoms with Gasteiger partial charge in [0.25, 0.3) is 5.91 Å². The highest BCUT2D eigenvalue weighted by molar-refractivity contribution is 9.10. The van der Waals surface area contributed by atoms with Crippen LogP contribution < -0.4 is 5.32 Å². The van der Waals surface area contributed by atoms with Crippen molar-refractivity contribution in [2.24, 2.45) is 0 Å². The van der Waals surface area contributed by atoms with Crippen molar-refractivity contribution in [3.63, 3.8) is 0 Å². The van der Waals surface area contributed by atoms with E-state index in [0.717, 1.165) is 20.9 Å². The molecule has 0 aliphatic rings. The lowest BCUT2D eigenvalue weighted by Gasteiger charge is -2.08. The quantitative estimate of drug-likeness (QED) is 0.784. The van der Waals surface area contributed by atoms with Crippen molar-refractivity contribution in [1.82, 2.24) is 10.3 Å². The van der Waals surface area contributed by atoms with Gasteiger partial charge in [-0.25, -0.2) is 0 Å². The summed E-state index contributed by atoms with van der Waals surface area (Å²) in [5.41, 5.74) is 2.54. The van der Waals surface area contributed by atoms with E-state index in [1.54, 1.807) is 12.3 Å². The number of nitrogens with zero attached hydrogens (tertiary/aromatic N) is 1. The molecule has 1 heterocycles. The van der Waals surface area contributed by atoms with Gasteiger partial charge >= 0.3 is 0 Å². The Morgan fingerprint density at radius 1 is 1.05 bits per heavy atom. The van der Waals surface area contributed by atoms with E-state index in [0.29, 0.717) is 12.1 Å². The Morgan fingerprint density at radius 3 is 2.62 bits per heavy atom. The highest BCUT2D eigenvalue weighted by atomic mass is 79.9. The number of carbonyl (C=O) groups is 1.